The molecule has 2 rings (SSSR count). The normalized spacial score (nSPS) is 11.3. The highest BCUT2D eigenvalue weighted by atomic mass is 32.2. The molecule has 0 saturated carbocycles. The first-order chi connectivity index (χ1) is 11.0. The first-order valence-corrected chi connectivity index (χ1v) is 8.95. The van der Waals surface area contributed by atoms with Crippen LogP contribution in [0.5, 0.6) is 17.2 Å². The van der Waals surface area contributed by atoms with Crippen molar-refractivity contribution in [3.8, 4) is 17.2 Å². The molecule has 0 unspecified atom stereocenters. The van der Waals surface area contributed by atoms with E-state index in [0.29, 0.717) is 0 Å². The Hall–Kier alpha value is -2.34. The van der Waals surface area contributed by atoms with Gasteiger partial charge in [-0.05, 0) is 24.3 Å². The van der Waals surface area contributed by atoms with Crippen molar-refractivity contribution in [2.75, 3.05) is 7.11 Å². The van der Waals surface area contributed by atoms with Gasteiger partial charge < -0.3 is 14.9 Å². The Labute approximate surface area is 138 Å². The molecule has 0 saturated heterocycles. The van der Waals surface area contributed by atoms with E-state index in [-0.39, 0.29) is 11.5 Å². The minimum atomic E-state index is -4.35. The molecule has 0 aliphatic heterocycles. The van der Waals surface area contributed by atoms with Gasteiger partial charge in [0.1, 0.15) is 15.5 Å². The maximum atomic E-state index is 10.7. The number of para-hydroxylation sites is 2. The molecule has 0 heterocycles. The molecule has 2 aromatic carbocycles. The van der Waals surface area contributed by atoms with E-state index in [4.69, 9.17) is 19.3 Å². The van der Waals surface area contributed by atoms with E-state index in [0.717, 1.165) is 12.1 Å². The van der Waals surface area contributed by atoms with E-state index >= 15 is 0 Å². The van der Waals surface area contributed by atoms with Gasteiger partial charge in [-0.1, -0.05) is 18.2 Å². The molecule has 0 aliphatic rings. The lowest BCUT2D eigenvalue weighted by Gasteiger charge is -2.06. The zero-order chi connectivity index (χ0) is 18.5. The summed E-state index contributed by atoms with van der Waals surface area (Å²) in [6.45, 7) is 0. The SMILES string of the molecule is COc1c(O)cccc1S(=O)(=O)O.O=S(=O)(O)c1ccccc1O. The highest BCUT2D eigenvalue weighted by molar-refractivity contribution is 7.86. The monoisotopic (exact) mass is 378 g/mol. The first-order valence-electron chi connectivity index (χ1n) is 6.07. The molecular formula is C13H14O9S2. The molecule has 2 aromatic rings. The Balaban J connectivity index is 0.000000243. The first kappa shape index (κ1) is 19.7. The third kappa shape index (κ3) is 5.09. The summed E-state index contributed by atoms with van der Waals surface area (Å²) in [5, 5.41) is 18.1. The lowest BCUT2D eigenvalue weighted by Crippen LogP contribution is -2.01. The van der Waals surface area contributed by atoms with Crippen molar-refractivity contribution in [2.24, 2.45) is 0 Å². The zero-order valence-electron chi connectivity index (χ0n) is 12.2. The number of rotatable bonds is 3. The molecule has 9 nitrogen and oxygen atoms in total. The van der Waals surface area contributed by atoms with Gasteiger partial charge in [0.15, 0.2) is 11.5 Å². The Morgan fingerprint density at radius 1 is 0.750 bits per heavy atom. The number of ether oxygens (including phenoxy) is 1. The quantitative estimate of drug-likeness (QED) is 0.577. The number of phenolic OH excluding ortho intramolecular Hbond substituents is 2. The van der Waals surface area contributed by atoms with Crippen LogP contribution in [0.25, 0.3) is 0 Å². The summed E-state index contributed by atoms with van der Waals surface area (Å²) in [5.41, 5.74) is 0. The fraction of sp³-hybridized carbons (Fsp3) is 0.0769. The van der Waals surface area contributed by atoms with E-state index < -0.39 is 35.8 Å². The van der Waals surface area contributed by atoms with Crippen LogP contribution in [0.2, 0.25) is 0 Å². The summed E-state index contributed by atoms with van der Waals surface area (Å²) in [7, 11) is -7.44. The number of phenols is 2. The van der Waals surface area contributed by atoms with Crippen LogP contribution in [0.3, 0.4) is 0 Å². The molecular weight excluding hydrogens is 364 g/mol. The van der Waals surface area contributed by atoms with Gasteiger partial charge in [-0.2, -0.15) is 16.8 Å². The van der Waals surface area contributed by atoms with Crippen molar-refractivity contribution in [1.82, 2.24) is 0 Å². The Morgan fingerprint density at radius 3 is 1.58 bits per heavy atom. The second-order valence-corrected chi connectivity index (χ2v) is 7.01. The summed E-state index contributed by atoms with van der Waals surface area (Å²) < 4.78 is 64.2. The number of methoxy groups -OCH3 is 1. The van der Waals surface area contributed by atoms with Crippen molar-refractivity contribution in [3.63, 3.8) is 0 Å². The minimum absolute atomic E-state index is 0.259. The fourth-order valence-corrected chi connectivity index (χ4v) is 2.84. The highest BCUT2D eigenvalue weighted by Gasteiger charge is 2.18. The summed E-state index contributed by atoms with van der Waals surface area (Å²) in [5.74, 6) is -1.04. The maximum absolute atomic E-state index is 10.7. The van der Waals surface area contributed by atoms with Gasteiger partial charge in [0.25, 0.3) is 20.2 Å². The number of hydrogen-bond acceptors (Lipinski definition) is 7. The Bertz CT molecular complexity index is 918. The molecule has 132 valence electrons. The summed E-state index contributed by atoms with van der Waals surface area (Å²) in [6, 6.07) is 8.85. The Morgan fingerprint density at radius 2 is 1.21 bits per heavy atom. The molecule has 24 heavy (non-hydrogen) atoms. The lowest BCUT2D eigenvalue weighted by molar-refractivity contribution is 0.360. The molecule has 0 radical (unpaired) electrons. The molecule has 0 aromatic heterocycles. The molecule has 4 N–H and O–H groups in total. The van der Waals surface area contributed by atoms with E-state index in [1.54, 1.807) is 0 Å². The number of benzene rings is 2. The third-order valence-electron chi connectivity index (χ3n) is 2.58. The average molecular weight is 378 g/mol. The van der Waals surface area contributed by atoms with Gasteiger partial charge in [-0.15, -0.1) is 0 Å². The molecule has 0 aliphatic carbocycles. The van der Waals surface area contributed by atoms with Crippen LogP contribution >= 0.6 is 0 Å². The molecule has 11 heteroatoms. The van der Waals surface area contributed by atoms with E-state index in [1.807, 2.05) is 0 Å². The van der Waals surface area contributed by atoms with Crippen molar-refractivity contribution in [1.29, 1.82) is 0 Å². The van der Waals surface area contributed by atoms with E-state index in [1.165, 1.54) is 37.4 Å². The van der Waals surface area contributed by atoms with Crippen molar-refractivity contribution in [3.05, 3.63) is 42.5 Å². The molecule has 0 spiro atoms. The number of hydrogen-bond donors (Lipinski definition) is 4. The van der Waals surface area contributed by atoms with Crippen molar-refractivity contribution in [2.45, 2.75) is 9.79 Å². The number of aromatic hydroxyl groups is 2. The molecule has 0 fully saturated rings. The average Bonchev–Trinajstić information content (AvgIpc) is 2.46. The van der Waals surface area contributed by atoms with Crippen LogP contribution in [0.15, 0.2) is 52.3 Å². The lowest BCUT2D eigenvalue weighted by atomic mass is 10.3. The summed E-state index contributed by atoms with van der Waals surface area (Å²) in [4.78, 5) is -0.921. The van der Waals surface area contributed by atoms with Crippen LogP contribution in [0, 0.1) is 0 Å². The minimum Gasteiger partial charge on any atom is -0.506 e. The van der Waals surface area contributed by atoms with Crippen LogP contribution in [0.4, 0.5) is 0 Å². The van der Waals surface area contributed by atoms with Gasteiger partial charge in [-0.25, -0.2) is 0 Å². The van der Waals surface area contributed by atoms with E-state index in [2.05, 4.69) is 4.74 Å². The zero-order valence-corrected chi connectivity index (χ0v) is 13.8. The molecule has 0 atom stereocenters. The summed E-state index contributed by atoms with van der Waals surface area (Å²) in [6.07, 6.45) is 0. The third-order valence-corrected chi connectivity index (χ3v) is 4.36. The van der Waals surface area contributed by atoms with E-state index in [9.17, 15) is 16.8 Å². The van der Waals surface area contributed by atoms with Gasteiger partial charge >= 0.3 is 0 Å². The van der Waals surface area contributed by atoms with Crippen LogP contribution in [-0.4, -0.2) is 43.3 Å². The summed E-state index contributed by atoms with van der Waals surface area (Å²) >= 11 is 0. The topological polar surface area (TPSA) is 158 Å². The maximum Gasteiger partial charge on any atom is 0.298 e. The van der Waals surface area contributed by atoms with Crippen LogP contribution in [0.1, 0.15) is 0 Å². The van der Waals surface area contributed by atoms with Crippen molar-refractivity contribution < 1.29 is 40.9 Å². The van der Waals surface area contributed by atoms with Crippen LogP contribution in [-0.2, 0) is 20.2 Å². The van der Waals surface area contributed by atoms with Gasteiger partial charge in [0.05, 0.1) is 7.11 Å². The predicted octanol–water partition coefficient (Wildman–Crippen LogP) is 1.29. The highest BCUT2D eigenvalue weighted by Crippen LogP contribution is 2.32. The molecule has 0 amide bonds. The fourth-order valence-electron chi connectivity index (χ4n) is 1.59. The van der Waals surface area contributed by atoms with Gasteiger partial charge in [0, 0.05) is 0 Å². The Kier molecular flexibility index (Phi) is 6.15. The molecule has 0 bridgehead atoms. The van der Waals surface area contributed by atoms with Gasteiger partial charge in [0.2, 0.25) is 0 Å². The second-order valence-electron chi connectivity index (χ2n) is 4.23. The predicted molar refractivity (Wildman–Crippen MR) is 82.4 cm³/mol. The standard InChI is InChI=1S/C7H8O5S.C6H6O4S/c1-12-7-5(8)3-2-4-6(7)13(9,10)11;7-5-3-1-2-4-6(5)11(8,9)10/h2-4,8H,1H3,(H,9,10,11);1-4,7H,(H,8,9,10). The largest absolute Gasteiger partial charge is 0.506 e. The second kappa shape index (κ2) is 7.49. The van der Waals surface area contributed by atoms with Gasteiger partial charge in [-0.3, -0.25) is 9.11 Å². The van der Waals surface area contributed by atoms with Crippen LogP contribution < -0.4 is 4.74 Å². The smallest absolute Gasteiger partial charge is 0.298 e. The van der Waals surface area contributed by atoms with Crippen molar-refractivity contribution >= 4 is 20.2 Å².